The molecule has 90 valence electrons. The number of pyridine rings is 1. The first-order chi connectivity index (χ1) is 8.01. The monoisotopic (exact) mass is 229 g/mol. The highest BCUT2D eigenvalue weighted by atomic mass is 15.0. The van der Waals surface area contributed by atoms with Crippen LogP contribution >= 0.6 is 0 Å². The summed E-state index contributed by atoms with van der Waals surface area (Å²) in [6.07, 6.45) is 4.30. The summed E-state index contributed by atoms with van der Waals surface area (Å²) < 4.78 is 2.16. The van der Waals surface area contributed by atoms with Gasteiger partial charge in [0.15, 0.2) is 0 Å². The van der Waals surface area contributed by atoms with E-state index >= 15 is 0 Å². The molecule has 3 heteroatoms. The number of nitrogens with two attached hydrogens (primary N) is 1. The summed E-state index contributed by atoms with van der Waals surface area (Å²) in [6, 6.07) is 4.28. The van der Waals surface area contributed by atoms with Crippen molar-refractivity contribution in [2.75, 3.05) is 0 Å². The summed E-state index contributed by atoms with van der Waals surface area (Å²) >= 11 is 0. The van der Waals surface area contributed by atoms with Crippen molar-refractivity contribution in [3.63, 3.8) is 0 Å². The second kappa shape index (κ2) is 3.33. The summed E-state index contributed by atoms with van der Waals surface area (Å²) in [5.74, 6) is 0.464. The zero-order valence-corrected chi connectivity index (χ0v) is 10.7. The summed E-state index contributed by atoms with van der Waals surface area (Å²) in [4.78, 5) is 4.72. The SMILES string of the molecule is Cc1c(C(C)C)nc2cc(C3(N)CC3)ccn12. The zero-order chi connectivity index (χ0) is 12.2. The minimum atomic E-state index is -0.0698. The van der Waals surface area contributed by atoms with Crippen LogP contribution in [0, 0.1) is 6.92 Å². The lowest BCUT2D eigenvalue weighted by Crippen LogP contribution is -2.18. The standard InChI is InChI=1S/C14H19N3/c1-9(2)13-10(3)17-7-4-11(8-12(17)16-13)14(15)5-6-14/h4,7-9H,5-6,15H2,1-3H3. The number of rotatable bonds is 2. The fourth-order valence-electron chi connectivity index (χ4n) is 2.47. The fourth-order valence-corrected chi connectivity index (χ4v) is 2.47. The molecule has 0 aromatic carbocycles. The minimum Gasteiger partial charge on any atom is -0.321 e. The third-order valence-corrected chi connectivity index (χ3v) is 3.81. The van der Waals surface area contributed by atoms with Crippen LogP contribution in [-0.2, 0) is 5.54 Å². The topological polar surface area (TPSA) is 43.3 Å². The van der Waals surface area contributed by atoms with E-state index in [-0.39, 0.29) is 5.54 Å². The van der Waals surface area contributed by atoms with Gasteiger partial charge < -0.3 is 10.1 Å². The Hall–Kier alpha value is -1.35. The third-order valence-electron chi connectivity index (χ3n) is 3.81. The van der Waals surface area contributed by atoms with Gasteiger partial charge in [0.05, 0.1) is 5.69 Å². The van der Waals surface area contributed by atoms with Crippen molar-refractivity contribution in [1.29, 1.82) is 0 Å². The molecule has 2 aromatic heterocycles. The highest BCUT2D eigenvalue weighted by Crippen LogP contribution is 2.42. The van der Waals surface area contributed by atoms with E-state index < -0.39 is 0 Å². The number of fused-ring (bicyclic) bond motifs is 1. The first-order valence-corrected chi connectivity index (χ1v) is 6.29. The molecule has 2 N–H and O–H groups in total. The van der Waals surface area contributed by atoms with Crippen molar-refractivity contribution in [2.45, 2.75) is 45.1 Å². The van der Waals surface area contributed by atoms with Gasteiger partial charge in [0.25, 0.3) is 0 Å². The molecule has 1 aliphatic carbocycles. The van der Waals surface area contributed by atoms with E-state index in [2.05, 4.69) is 43.5 Å². The van der Waals surface area contributed by atoms with Crippen LogP contribution in [0.3, 0.4) is 0 Å². The molecule has 1 aliphatic rings. The van der Waals surface area contributed by atoms with Crippen molar-refractivity contribution in [2.24, 2.45) is 5.73 Å². The molecule has 1 saturated carbocycles. The van der Waals surface area contributed by atoms with Gasteiger partial charge in [0, 0.05) is 17.4 Å². The normalized spacial score (nSPS) is 17.9. The lowest BCUT2D eigenvalue weighted by molar-refractivity contribution is 0.738. The number of imidazole rings is 1. The number of nitrogens with zero attached hydrogens (tertiary/aromatic N) is 2. The molecule has 0 saturated heterocycles. The minimum absolute atomic E-state index is 0.0698. The maximum atomic E-state index is 6.23. The molecule has 0 atom stereocenters. The Balaban J connectivity index is 2.17. The van der Waals surface area contributed by atoms with Crippen molar-refractivity contribution < 1.29 is 0 Å². The van der Waals surface area contributed by atoms with E-state index in [1.165, 1.54) is 17.0 Å². The predicted octanol–water partition coefficient (Wildman–Crippen LogP) is 2.71. The number of hydrogen-bond donors (Lipinski definition) is 1. The smallest absolute Gasteiger partial charge is 0.137 e. The number of aromatic nitrogens is 2. The lowest BCUT2D eigenvalue weighted by atomic mass is 10.1. The maximum absolute atomic E-state index is 6.23. The second-order valence-corrected chi connectivity index (χ2v) is 5.54. The van der Waals surface area contributed by atoms with Gasteiger partial charge >= 0.3 is 0 Å². The molecule has 2 heterocycles. The van der Waals surface area contributed by atoms with Crippen LogP contribution in [-0.4, -0.2) is 9.38 Å². The van der Waals surface area contributed by atoms with E-state index in [9.17, 15) is 0 Å². The van der Waals surface area contributed by atoms with Crippen molar-refractivity contribution in [3.8, 4) is 0 Å². The van der Waals surface area contributed by atoms with Crippen molar-refractivity contribution in [1.82, 2.24) is 9.38 Å². The Labute approximate surface area is 102 Å². The second-order valence-electron chi connectivity index (χ2n) is 5.54. The van der Waals surface area contributed by atoms with Gasteiger partial charge in [0.1, 0.15) is 5.65 Å². The molecule has 0 radical (unpaired) electrons. The molecule has 2 aromatic rings. The highest BCUT2D eigenvalue weighted by molar-refractivity contribution is 5.48. The van der Waals surface area contributed by atoms with Crippen LogP contribution in [0.15, 0.2) is 18.3 Å². The van der Waals surface area contributed by atoms with Crippen LogP contribution < -0.4 is 5.73 Å². The first kappa shape index (κ1) is 10.8. The molecule has 0 amide bonds. The Bertz CT molecular complexity index is 576. The summed E-state index contributed by atoms with van der Waals surface area (Å²) in [5, 5.41) is 0. The first-order valence-electron chi connectivity index (χ1n) is 6.29. The molecule has 0 aliphatic heterocycles. The molecule has 3 nitrogen and oxygen atoms in total. The van der Waals surface area contributed by atoms with E-state index in [0.717, 1.165) is 18.5 Å². The van der Waals surface area contributed by atoms with Crippen LogP contribution in [0.25, 0.3) is 5.65 Å². The van der Waals surface area contributed by atoms with E-state index in [1.807, 2.05) is 0 Å². The molecule has 1 fully saturated rings. The number of hydrogen-bond acceptors (Lipinski definition) is 2. The van der Waals surface area contributed by atoms with Gasteiger partial charge in [-0.05, 0) is 43.4 Å². The average Bonchev–Trinajstić information content (AvgIpc) is 2.95. The van der Waals surface area contributed by atoms with Gasteiger partial charge in [-0.3, -0.25) is 0 Å². The van der Waals surface area contributed by atoms with E-state index in [1.54, 1.807) is 0 Å². The van der Waals surface area contributed by atoms with Crippen LogP contribution in [0.4, 0.5) is 0 Å². The Morgan fingerprint density at radius 3 is 2.71 bits per heavy atom. The summed E-state index contributed by atoms with van der Waals surface area (Å²) in [6.45, 7) is 6.49. The lowest BCUT2D eigenvalue weighted by Gasteiger charge is -2.09. The van der Waals surface area contributed by atoms with Gasteiger partial charge in [-0.25, -0.2) is 4.98 Å². The Morgan fingerprint density at radius 1 is 1.41 bits per heavy atom. The van der Waals surface area contributed by atoms with Gasteiger partial charge in [-0.1, -0.05) is 13.8 Å². The molecule has 17 heavy (non-hydrogen) atoms. The van der Waals surface area contributed by atoms with Crippen LogP contribution in [0.5, 0.6) is 0 Å². The molecule has 0 spiro atoms. The van der Waals surface area contributed by atoms with Crippen molar-refractivity contribution >= 4 is 5.65 Å². The Morgan fingerprint density at radius 2 is 2.12 bits per heavy atom. The molecular formula is C14H19N3. The average molecular weight is 229 g/mol. The third kappa shape index (κ3) is 1.57. The predicted molar refractivity (Wildman–Crippen MR) is 69.1 cm³/mol. The zero-order valence-electron chi connectivity index (χ0n) is 10.7. The molecule has 0 unspecified atom stereocenters. The Kier molecular flexibility index (Phi) is 2.11. The fraction of sp³-hybridized carbons (Fsp3) is 0.500. The van der Waals surface area contributed by atoms with E-state index in [0.29, 0.717) is 5.92 Å². The van der Waals surface area contributed by atoms with Gasteiger partial charge in [0.2, 0.25) is 0 Å². The van der Waals surface area contributed by atoms with Gasteiger partial charge in [-0.15, -0.1) is 0 Å². The highest BCUT2D eigenvalue weighted by Gasteiger charge is 2.40. The number of aryl methyl sites for hydroxylation is 1. The molecule has 0 bridgehead atoms. The van der Waals surface area contributed by atoms with E-state index in [4.69, 9.17) is 10.7 Å². The van der Waals surface area contributed by atoms with Gasteiger partial charge in [-0.2, -0.15) is 0 Å². The molecule has 3 rings (SSSR count). The molecular weight excluding hydrogens is 210 g/mol. The quantitative estimate of drug-likeness (QED) is 0.860. The largest absolute Gasteiger partial charge is 0.321 e. The van der Waals surface area contributed by atoms with Crippen LogP contribution in [0.1, 0.15) is 49.6 Å². The van der Waals surface area contributed by atoms with Crippen molar-refractivity contribution in [3.05, 3.63) is 35.3 Å². The summed E-state index contributed by atoms with van der Waals surface area (Å²) in [7, 11) is 0. The maximum Gasteiger partial charge on any atom is 0.137 e. The summed E-state index contributed by atoms with van der Waals surface area (Å²) in [5.41, 5.74) is 10.8. The van der Waals surface area contributed by atoms with Crippen LogP contribution in [0.2, 0.25) is 0 Å².